The topological polar surface area (TPSA) is 70.7 Å². The van der Waals surface area contributed by atoms with Crippen LogP contribution in [0.1, 0.15) is 18.4 Å². The molecule has 7 heteroatoms. The van der Waals surface area contributed by atoms with Gasteiger partial charge in [0.15, 0.2) is 5.58 Å². The summed E-state index contributed by atoms with van der Waals surface area (Å²) in [4.78, 5) is 28.7. The molecule has 2 aromatic carbocycles. The monoisotopic (exact) mass is 434 g/mol. The predicted octanol–water partition coefficient (Wildman–Crippen LogP) is 3.23. The van der Waals surface area contributed by atoms with E-state index in [1.54, 1.807) is 7.05 Å². The molecule has 3 heterocycles. The number of fused-ring (bicyclic) bond motifs is 2. The molecule has 3 aromatic rings. The molecule has 0 radical (unpaired) electrons. The summed E-state index contributed by atoms with van der Waals surface area (Å²) in [6.45, 7) is 4.19. The highest BCUT2D eigenvalue weighted by Gasteiger charge is 2.41. The number of carbonyl (C=O) groups is 1. The Morgan fingerprint density at radius 1 is 1.03 bits per heavy atom. The van der Waals surface area contributed by atoms with Crippen LogP contribution in [-0.4, -0.2) is 48.2 Å². The lowest BCUT2D eigenvalue weighted by Gasteiger charge is -2.23. The van der Waals surface area contributed by atoms with Crippen LogP contribution in [0.25, 0.3) is 11.1 Å². The minimum absolute atomic E-state index is 0.0677. The second-order valence-electron chi connectivity index (χ2n) is 9.08. The fourth-order valence-corrected chi connectivity index (χ4v) is 5.09. The third-order valence-electron chi connectivity index (χ3n) is 6.93. The SMILES string of the molecule is Cn1c(=O)oc2cc(N3C[C@H]4CN(C(=O)NCCCCc5ccccc5)C[C@H]4C3)ccc21. The van der Waals surface area contributed by atoms with Crippen LogP contribution in [0, 0.1) is 11.8 Å². The van der Waals surface area contributed by atoms with E-state index in [1.165, 1.54) is 10.1 Å². The van der Waals surface area contributed by atoms with Crippen molar-refractivity contribution in [3.63, 3.8) is 0 Å². The Kier molecular flexibility index (Phi) is 5.64. The third-order valence-corrected chi connectivity index (χ3v) is 6.93. The van der Waals surface area contributed by atoms with Gasteiger partial charge in [0.05, 0.1) is 5.52 Å². The smallest absolute Gasteiger partial charge is 0.408 e. The Hall–Kier alpha value is -3.22. The molecule has 0 spiro atoms. The molecule has 1 aromatic heterocycles. The first-order valence-electron chi connectivity index (χ1n) is 11.5. The molecule has 168 valence electrons. The van der Waals surface area contributed by atoms with Gasteiger partial charge in [0.1, 0.15) is 0 Å². The van der Waals surface area contributed by atoms with Gasteiger partial charge in [0.2, 0.25) is 0 Å². The molecule has 7 nitrogen and oxygen atoms in total. The molecule has 0 aliphatic carbocycles. The van der Waals surface area contributed by atoms with Crippen LogP contribution in [-0.2, 0) is 13.5 Å². The Labute approximate surface area is 187 Å². The number of nitrogens with zero attached hydrogens (tertiary/aromatic N) is 3. The highest BCUT2D eigenvalue weighted by molar-refractivity contribution is 5.78. The van der Waals surface area contributed by atoms with Crippen LogP contribution in [0.2, 0.25) is 0 Å². The van der Waals surface area contributed by atoms with Gasteiger partial charge >= 0.3 is 11.8 Å². The van der Waals surface area contributed by atoms with Crippen molar-refractivity contribution in [2.24, 2.45) is 18.9 Å². The highest BCUT2D eigenvalue weighted by Crippen LogP contribution is 2.34. The minimum atomic E-state index is -0.336. The number of aromatic nitrogens is 1. The molecular weight excluding hydrogens is 404 g/mol. The van der Waals surface area contributed by atoms with Crippen molar-refractivity contribution in [3.8, 4) is 0 Å². The average molecular weight is 435 g/mol. The number of hydrogen-bond donors (Lipinski definition) is 1. The average Bonchev–Trinajstić information content (AvgIpc) is 3.46. The zero-order valence-electron chi connectivity index (χ0n) is 18.5. The lowest BCUT2D eigenvalue weighted by Crippen LogP contribution is -2.40. The summed E-state index contributed by atoms with van der Waals surface area (Å²) in [5.41, 5.74) is 3.87. The molecule has 0 saturated carbocycles. The number of benzene rings is 2. The number of anilines is 1. The van der Waals surface area contributed by atoms with Crippen molar-refractivity contribution < 1.29 is 9.21 Å². The van der Waals surface area contributed by atoms with Gasteiger partial charge in [0, 0.05) is 63.4 Å². The number of hydrogen-bond acceptors (Lipinski definition) is 4. The Morgan fingerprint density at radius 3 is 2.53 bits per heavy atom. The first-order chi connectivity index (χ1) is 15.6. The number of oxazole rings is 1. The summed E-state index contributed by atoms with van der Waals surface area (Å²) in [7, 11) is 1.72. The standard InChI is InChI=1S/C25H30N4O3/c1-27-22-11-10-21(13-23(22)32-25(27)31)28-14-19-16-29(17-20(19)15-28)24(30)26-12-6-5-9-18-7-3-2-4-8-18/h2-4,7-8,10-11,13,19-20H,5-6,9,12,14-17H2,1H3,(H,26,30)/t19-,20+. The number of amides is 2. The summed E-state index contributed by atoms with van der Waals surface area (Å²) in [6, 6.07) is 16.5. The largest absolute Gasteiger partial charge is 0.419 e. The molecule has 2 amide bonds. The summed E-state index contributed by atoms with van der Waals surface area (Å²) in [5, 5.41) is 3.10. The molecule has 2 saturated heterocycles. The van der Waals surface area contributed by atoms with Crippen LogP contribution in [0.15, 0.2) is 57.7 Å². The molecule has 0 unspecified atom stereocenters. The van der Waals surface area contributed by atoms with Crippen LogP contribution in [0.3, 0.4) is 0 Å². The number of nitrogens with one attached hydrogen (secondary N) is 1. The lowest BCUT2D eigenvalue weighted by molar-refractivity contribution is 0.205. The first kappa shape index (κ1) is 20.7. The Bertz CT molecular complexity index is 1140. The minimum Gasteiger partial charge on any atom is -0.408 e. The summed E-state index contributed by atoms with van der Waals surface area (Å²) < 4.78 is 6.86. The van der Waals surface area contributed by atoms with Gasteiger partial charge < -0.3 is 19.5 Å². The summed E-state index contributed by atoms with van der Waals surface area (Å²) >= 11 is 0. The van der Waals surface area contributed by atoms with Gasteiger partial charge in [0.25, 0.3) is 0 Å². The fraction of sp³-hybridized carbons (Fsp3) is 0.440. The van der Waals surface area contributed by atoms with E-state index in [-0.39, 0.29) is 11.8 Å². The van der Waals surface area contributed by atoms with Crippen molar-refractivity contribution in [3.05, 3.63) is 64.6 Å². The van der Waals surface area contributed by atoms with Gasteiger partial charge in [-0.1, -0.05) is 30.3 Å². The van der Waals surface area contributed by atoms with E-state index in [1.807, 2.05) is 23.1 Å². The van der Waals surface area contributed by atoms with Crippen LogP contribution in [0.5, 0.6) is 0 Å². The molecule has 2 atom stereocenters. The summed E-state index contributed by atoms with van der Waals surface area (Å²) in [5.74, 6) is 0.631. The second-order valence-corrected chi connectivity index (χ2v) is 9.08. The first-order valence-corrected chi connectivity index (χ1v) is 11.5. The van der Waals surface area contributed by atoms with Crippen molar-refractivity contribution >= 4 is 22.8 Å². The van der Waals surface area contributed by atoms with Crippen LogP contribution < -0.4 is 16.0 Å². The Morgan fingerprint density at radius 2 is 1.78 bits per heavy atom. The van der Waals surface area contributed by atoms with Crippen LogP contribution >= 0.6 is 0 Å². The highest BCUT2D eigenvalue weighted by atomic mass is 16.4. The van der Waals surface area contributed by atoms with E-state index in [2.05, 4.69) is 40.5 Å². The molecule has 0 bridgehead atoms. The maximum atomic E-state index is 12.6. The number of rotatable bonds is 6. The number of urea groups is 1. The number of unbranched alkanes of at least 4 members (excludes halogenated alkanes) is 1. The van der Waals surface area contributed by atoms with E-state index >= 15 is 0 Å². The molecule has 2 aliphatic heterocycles. The third kappa shape index (κ3) is 4.11. The number of likely N-dealkylation sites (tertiary alicyclic amines) is 1. The van der Waals surface area contributed by atoms with Crippen molar-refractivity contribution in [2.45, 2.75) is 19.3 Å². The van der Waals surface area contributed by atoms with E-state index in [9.17, 15) is 9.59 Å². The molecular formula is C25H30N4O3. The van der Waals surface area contributed by atoms with Crippen LogP contribution in [0.4, 0.5) is 10.5 Å². The van der Waals surface area contributed by atoms with Crippen molar-refractivity contribution in [1.29, 1.82) is 0 Å². The maximum absolute atomic E-state index is 12.6. The van der Waals surface area contributed by atoms with Gasteiger partial charge in [-0.25, -0.2) is 9.59 Å². The molecule has 5 rings (SSSR count). The normalized spacial score (nSPS) is 20.2. The Balaban J connectivity index is 1.08. The van der Waals surface area contributed by atoms with Crippen molar-refractivity contribution in [1.82, 2.24) is 14.8 Å². The van der Waals surface area contributed by atoms with E-state index in [0.717, 1.165) is 63.2 Å². The zero-order valence-corrected chi connectivity index (χ0v) is 18.5. The number of carbonyl (C=O) groups excluding carboxylic acids is 1. The molecule has 2 aliphatic rings. The summed E-state index contributed by atoms with van der Waals surface area (Å²) in [6.07, 6.45) is 3.13. The molecule has 32 heavy (non-hydrogen) atoms. The van der Waals surface area contributed by atoms with Crippen molar-refractivity contribution in [2.75, 3.05) is 37.6 Å². The lowest BCUT2D eigenvalue weighted by atomic mass is 10.0. The predicted molar refractivity (Wildman–Crippen MR) is 125 cm³/mol. The molecule has 1 N–H and O–H groups in total. The van der Waals surface area contributed by atoms with E-state index in [4.69, 9.17) is 4.42 Å². The van der Waals surface area contributed by atoms with E-state index in [0.29, 0.717) is 17.4 Å². The number of aryl methyl sites for hydroxylation is 2. The second kappa shape index (κ2) is 8.73. The van der Waals surface area contributed by atoms with Gasteiger partial charge in [-0.3, -0.25) is 4.57 Å². The zero-order chi connectivity index (χ0) is 22.1. The quantitative estimate of drug-likeness (QED) is 0.605. The van der Waals surface area contributed by atoms with E-state index < -0.39 is 0 Å². The van der Waals surface area contributed by atoms with Gasteiger partial charge in [-0.2, -0.15) is 0 Å². The van der Waals surface area contributed by atoms with Gasteiger partial charge in [-0.05, 0) is 37.0 Å². The van der Waals surface area contributed by atoms with Gasteiger partial charge in [-0.15, -0.1) is 0 Å². The fourth-order valence-electron chi connectivity index (χ4n) is 5.09. The molecule has 2 fully saturated rings. The maximum Gasteiger partial charge on any atom is 0.419 e.